The van der Waals surface area contributed by atoms with Crippen LogP contribution in [0.5, 0.6) is 0 Å². The summed E-state index contributed by atoms with van der Waals surface area (Å²) in [5.74, 6) is -0.296. The number of hydrogen-bond donors (Lipinski definition) is 2. The van der Waals surface area contributed by atoms with Crippen LogP contribution in [-0.4, -0.2) is 26.5 Å². The third-order valence-corrected chi connectivity index (χ3v) is 5.17. The first-order valence-corrected chi connectivity index (χ1v) is 8.84. The van der Waals surface area contributed by atoms with Crippen LogP contribution in [0.1, 0.15) is 64.4 Å². The average Bonchev–Trinajstić information content (AvgIpc) is 2.90. The number of carbonyl (C=O) groups is 2. The number of aromatic nitrogens is 2. The number of carbonyl (C=O) groups excluding carboxylic acids is 1. The molecule has 1 aromatic carbocycles. The van der Waals surface area contributed by atoms with E-state index in [-0.39, 0.29) is 24.4 Å². The third kappa shape index (κ3) is 3.13. The van der Waals surface area contributed by atoms with Gasteiger partial charge in [0, 0.05) is 12.5 Å². The number of para-hydroxylation sites is 2. The zero-order valence-corrected chi connectivity index (χ0v) is 15.0. The molecule has 3 rings (SSSR count). The summed E-state index contributed by atoms with van der Waals surface area (Å²) in [5, 5.41) is 12.3. The van der Waals surface area contributed by atoms with Crippen LogP contribution >= 0.6 is 0 Å². The van der Waals surface area contributed by atoms with Gasteiger partial charge in [-0.1, -0.05) is 18.6 Å². The van der Waals surface area contributed by atoms with Crippen molar-refractivity contribution in [3.8, 4) is 0 Å². The summed E-state index contributed by atoms with van der Waals surface area (Å²) in [6, 6.07) is 7.82. The highest BCUT2D eigenvalue weighted by Gasteiger charge is 2.46. The van der Waals surface area contributed by atoms with E-state index in [1.165, 1.54) is 0 Å². The Balaban J connectivity index is 1.80. The average molecular weight is 343 g/mol. The highest BCUT2D eigenvalue weighted by molar-refractivity contribution is 5.86. The van der Waals surface area contributed by atoms with E-state index in [0.29, 0.717) is 12.8 Å². The van der Waals surface area contributed by atoms with Gasteiger partial charge in [0.2, 0.25) is 5.91 Å². The van der Waals surface area contributed by atoms with E-state index in [2.05, 4.69) is 28.7 Å². The lowest BCUT2D eigenvalue weighted by molar-refractivity contribution is -0.157. The number of benzene rings is 1. The molecule has 0 radical (unpaired) electrons. The Hall–Kier alpha value is -2.37. The molecular formula is C19H25N3O3. The summed E-state index contributed by atoms with van der Waals surface area (Å²) < 4.78 is 2.12. The number of nitrogens with one attached hydrogen (secondary N) is 1. The number of hydrogen-bond acceptors (Lipinski definition) is 3. The molecule has 1 unspecified atom stereocenters. The van der Waals surface area contributed by atoms with E-state index in [4.69, 9.17) is 0 Å². The molecule has 0 saturated heterocycles. The number of carboxylic acid groups (broad SMARTS) is 1. The molecule has 2 N–H and O–H groups in total. The highest BCUT2D eigenvalue weighted by Crippen LogP contribution is 2.44. The maximum Gasteiger partial charge on any atom is 0.310 e. The zero-order valence-electron chi connectivity index (χ0n) is 15.0. The molecule has 0 bridgehead atoms. The van der Waals surface area contributed by atoms with Gasteiger partial charge in [0.25, 0.3) is 0 Å². The second-order valence-corrected chi connectivity index (χ2v) is 7.33. The first kappa shape index (κ1) is 17.5. The SMILES string of the molecule is CC(NC(=O)CC1(C(=O)O)CCC1)c1nc2ccccc2n1C(C)C. The summed E-state index contributed by atoms with van der Waals surface area (Å²) >= 11 is 0. The third-order valence-electron chi connectivity index (χ3n) is 5.17. The molecule has 1 fully saturated rings. The minimum absolute atomic E-state index is 0.0363. The topological polar surface area (TPSA) is 84.2 Å². The monoisotopic (exact) mass is 343 g/mol. The second kappa shape index (κ2) is 6.50. The van der Waals surface area contributed by atoms with Crippen molar-refractivity contribution in [3.63, 3.8) is 0 Å². The number of nitrogens with zero attached hydrogens (tertiary/aromatic N) is 2. The van der Waals surface area contributed by atoms with Crippen LogP contribution in [0.2, 0.25) is 0 Å². The molecule has 1 heterocycles. The van der Waals surface area contributed by atoms with Crippen molar-refractivity contribution in [1.29, 1.82) is 0 Å². The summed E-state index contributed by atoms with van der Waals surface area (Å²) in [4.78, 5) is 28.6. The Morgan fingerprint density at radius 1 is 1.28 bits per heavy atom. The van der Waals surface area contributed by atoms with Gasteiger partial charge >= 0.3 is 5.97 Å². The smallest absolute Gasteiger partial charge is 0.310 e. The van der Waals surface area contributed by atoms with Gasteiger partial charge < -0.3 is 15.0 Å². The Morgan fingerprint density at radius 2 is 1.96 bits per heavy atom. The molecule has 1 aliphatic carbocycles. The van der Waals surface area contributed by atoms with Gasteiger partial charge in [-0.05, 0) is 45.7 Å². The molecule has 1 saturated carbocycles. The molecule has 0 aliphatic heterocycles. The van der Waals surface area contributed by atoms with Crippen LogP contribution in [0.4, 0.5) is 0 Å². The first-order chi connectivity index (χ1) is 11.8. The van der Waals surface area contributed by atoms with E-state index in [1.54, 1.807) is 0 Å². The van der Waals surface area contributed by atoms with E-state index >= 15 is 0 Å². The quantitative estimate of drug-likeness (QED) is 0.841. The van der Waals surface area contributed by atoms with E-state index < -0.39 is 11.4 Å². The van der Waals surface area contributed by atoms with E-state index in [1.807, 2.05) is 31.2 Å². The Bertz CT molecular complexity index is 805. The number of fused-ring (bicyclic) bond motifs is 1. The lowest BCUT2D eigenvalue weighted by atomic mass is 9.66. The van der Waals surface area contributed by atoms with Gasteiger partial charge in [-0.25, -0.2) is 4.98 Å². The van der Waals surface area contributed by atoms with Crippen molar-refractivity contribution in [3.05, 3.63) is 30.1 Å². The van der Waals surface area contributed by atoms with Crippen LogP contribution in [0.25, 0.3) is 11.0 Å². The van der Waals surface area contributed by atoms with Crippen molar-refractivity contribution in [2.24, 2.45) is 5.41 Å². The fourth-order valence-electron chi connectivity index (χ4n) is 3.65. The van der Waals surface area contributed by atoms with Crippen molar-refractivity contribution in [2.45, 2.75) is 58.5 Å². The van der Waals surface area contributed by atoms with Crippen molar-refractivity contribution in [1.82, 2.24) is 14.9 Å². The van der Waals surface area contributed by atoms with Crippen LogP contribution in [0, 0.1) is 5.41 Å². The van der Waals surface area contributed by atoms with E-state index in [9.17, 15) is 14.7 Å². The van der Waals surface area contributed by atoms with Gasteiger partial charge in [0.05, 0.1) is 22.5 Å². The Morgan fingerprint density at radius 3 is 2.52 bits per heavy atom. The number of amides is 1. The normalized spacial score (nSPS) is 17.3. The van der Waals surface area contributed by atoms with Gasteiger partial charge in [-0.2, -0.15) is 0 Å². The van der Waals surface area contributed by atoms with Crippen LogP contribution < -0.4 is 5.32 Å². The first-order valence-electron chi connectivity index (χ1n) is 8.84. The molecule has 1 aromatic heterocycles. The predicted molar refractivity (Wildman–Crippen MR) is 95.2 cm³/mol. The number of imidazole rings is 1. The fraction of sp³-hybridized carbons (Fsp3) is 0.526. The molecule has 1 aliphatic rings. The summed E-state index contributed by atoms with van der Waals surface area (Å²) in [6.45, 7) is 6.06. The summed E-state index contributed by atoms with van der Waals surface area (Å²) in [5.41, 5.74) is 1.06. The molecule has 134 valence electrons. The van der Waals surface area contributed by atoms with Gasteiger partial charge in [-0.3, -0.25) is 9.59 Å². The minimum Gasteiger partial charge on any atom is -0.481 e. The lowest BCUT2D eigenvalue weighted by Gasteiger charge is -2.37. The maximum absolute atomic E-state index is 12.4. The van der Waals surface area contributed by atoms with Gasteiger partial charge in [-0.15, -0.1) is 0 Å². The lowest BCUT2D eigenvalue weighted by Crippen LogP contribution is -2.43. The summed E-state index contributed by atoms with van der Waals surface area (Å²) in [6.07, 6.45) is 2.07. The molecule has 0 spiro atoms. The molecule has 6 heteroatoms. The predicted octanol–water partition coefficient (Wildman–Crippen LogP) is 3.44. The van der Waals surface area contributed by atoms with Crippen molar-refractivity contribution >= 4 is 22.9 Å². The van der Waals surface area contributed by atoms with Gasteiger partial charge in [0.15, 0.2) is 0 Å². The maximum atomic E-state index is 12.4. The molecule has 6 nitrogen and oxygen atoms in total. The van der Waals surface area contributed by atoms with Crippen LogP contribution in [0.3, 0.4) is 0 Å². The molecule has 1 atom stereocenters. The van der Waals surface area contributed by atoms with Crippen LogP contribution in [0.15, 0.2) is 24.3 Å². The molecule has 1 amide bonds. The van der Waals surface area contributed by atoms with Crippen molar-refractivity contribution in [2.75, 3.05) is 0 Å². The Kier molecular flexibility index (Phi) is 4.54. The molecule has 25 heavy (non-hydrogen) atoms. The van der Waals surface area contributed by atoms with E-state index in [0.717, 1.165) is 23.3 Å². The van der Waals surface area contributed by atoms with Crippen molar-refractivity contribution < 1.29 is 14.7 Å². The number of aliphatic carboxylic acids is 1. The fourth-order valence-corrected chi connectivity index (χ4v) is 3.65. The highest BCUT2D eigenvalue weighted by atomic mass is 16.4. The minimum atomic E-state index is -0.873. The molecule has 2 aromatic rings. The largest absolute Gasteiger partial charge is 0.481 e. The molecular weight excluding hydrogens is 318 g/mol. The number of carboxylic acids is 1. The summed E-state index contributed by atoms with van der Waals surface area (Å²) in [7, 11) is 0. The van der Waals surface area contributed by atoms with Crippen LogP contribution in [-0.2, 0) is 9.59 Å². The number of rotatable bonds is 6. The second-order valence-electron chi connectivity index (χ2n) is 7.33. The zero-order chi connectivity index (χ0) is 18.2. The Labute approximate surface area is 147 Å². The standard InChI is InChI=1S/C19H25N3O3/c1-12(2)22-15-8-5-4-7-14(15)21-17(22)13(3)20-16(23)11-19(18(24)25)9-6-10-19/h4-5,7-8,12-13H,6,9-11H2,1-3H3,(H,20,23)(H,24,25). The van der Waals surface area contributed by atoms with Gasteiger partial charge in [0.1, 0.15) is 5.82 Å².